The van der Waals surface area contributed by atoms with Crippen molar-refractivity contribution in [3.05, 3.63) is 11.9 Å². The number of anilines is 1. The van der Waals surface area contributed by atoms with E-state index in [0.717, 1.165) is 18.5 Å². The van der Waals surface area contributed by atoms with Crippen molar-refractivity contribution in [3.63, 3.8) is 0 Å². The maximum Gasteiger partial charge on any atom is 0.222 e. The summed E-state index contributed by atoms with van der Waals surface area (Å²) >= 11 is 0. The molecule has 0 saturated carbocycles. The number of nitrogen functional groups attached to an aromatic ring is 1. The Morgan fingerprint density at radius 1 is 1.67 bits per heavy atom. The van der Waals surface area contributed by atoms with Gasteiger partial charge in [0.05, 0.1) is 5.69 Å². The van der Waals surface area contributed by atoms with Crippen molar-refractivity contribution in [2.24, 2.45) is 0 Å². The van der Waals surface area contributed by atoms with Gasteiger partial charge in [-0.3, -0.25) is 4.79 Å². The summed E-state index contributed by atoms with van der Waals surface area (Å²) in [7, 11) is 1.81. The molecule has 0 aromatic carbocycles. The van der Waals surface area contributed by atoms with Crippen LogP contribution in [0.25, 0.3) is 0 Å². The smallest absolute Gasteiger partial charge is 0.222 e. The number of hydrogen-bond acceptors (Lipinski definition) is 3. The van der Waals surface area contributed by atoms with E-state index in [0.29, 0.717) is 18.9 Å². The highest BCUT2D eigenvalue weighted by atomic mass is 16.2. The fourth-order valence-electron chi connectivity index (χ4n) is 1.32. The minimum atomic E-state index is 0.181. The minimum Gasteiger partial charge on any atom is -0.369 e. The highest BCUT2D eigenvalue weighted by Gasteiger charge is 2.07. The highest BCUT2D eigenvalue weighted by molar-refractivity contribution is 5.75. The molecule has 0 spiro atoms. The van der Waals surface area contributed by atoms with Gasteiger partial charge in [0, 0.05) is 32.6 Å². The number of hydrogen-bond donors (Lipinski definition) is 2. The molecule has 1 amide bonds. The summed E-state index contributed by atoms with van der Waals surface area (Å²) in [6.07, 6.45) is 4.00. The van der Waals surface area contributed by atoms with Crippen LogP contribution >= 0.6 is 0 Å². The Balaban J connectivity index is 2.33. The number of imidazole rings is 1. The normalized spacial score (nSPS) is 10.3. The Morgan fingerprint density at radius 2 is 2.40 bits per heavy atom. The van der Waals surface area contributed by atoms with Gasteiger partial charge in [0.1, 0.15) is 0 Å². The average Bonchev–Trinajstić information content (AvgIpc) is 2.61. The Morgan fingerprint density at radius 3 is 2.93 bits per heavy atom. The number of rotatable bonds is 5. The number of carbonyl (C=O) groups is 1. The van der Waals surface area contributed by atoms with Crippen molar-refractivity contribution in [3.8, 4) is 0 Å². The minimum absolute atomic E-state index is 0.181. The van der Waals surface area contributed by atoms with Gasteiger partial charge < -0.3 is 15.6 Å². The van der Waals surface area contributed by atoms with Gasteiger partial charge in [0.15, 0.2) is 5.95 Å². The van der Waals surface area contributed by atoms with Gasteiger partial charge in [0.2, 0.25) is 5.91 Å². The molecule has 5 nitrogen and oxygen atoms in total. The largest absolute Gasteiger partial charge is 0.369 e. The lowest BCUT2D eigenvalue weighted by Crippen LogP contribution is -2.28. The fraction of sp³-hybridized carbons (Fsp3) is 0.600. The van der Waals surface area contributed by atoms with Crippen LogP contribution in [-0.2, 0) is 11.2 Å². The molecule has 0 aliphatic carbocycles. The predicted octanol–water partition coefficient (Wildman–Crippen LogP) is 0.793. The maximum absolute atomic E-state index is 11.4. The summed E-state index contributed by atoms with van der Waals surface area (Å²) in [4.78, 5) is 20.1. The Labute approximate surface area is 89.7 Å². The number of aromatic nitrogens is 2. The topological polar surface area (TPSA) is 75.0 Å². The molecule has 0 atom stereocenters. The fourth-order valence-corrected chi connectivity index (χ4v) is 1.32. The number of amides is 1. The molecule has 0 radical (unpaired) electrons. The quantitative estimate of drug-likeness (QED) is 0.754. The standard InChI is InChI=1S/C10H18N4O/c1-3-4-9(15)14(2)6-5-8-7-12-10(11)13-8/h7H,3-6H2,1-2H3,(H3,11,12,13). The first-order valence-electron chi connectivity index (χ1n) is 5.17. The van der Waals surface area contributed by atoms with Gasteiger partial charge in [0.25, 0.3) is 0 Å². The third-order valence-electron chi connectivity index (χ3n) is 2.24. The van der Waals surface area contributed by atoms with Crippen LogP contribution in [0.3, 0.4) is 0 Å². The first-order valence-corrected chi connectivity index (χ1v) is 5.17. The summed E-state index contributed by atoms with van der Waals surface area (Å²) in [6.45, 7) is 2.68. The Bertz CT molecular complexity index is 321. The van der Waals surface area contributed by atoms with Crippen molar-refractivity contribution in [1.82, 2.24) is 14.9 Å². The molecule has 5 heteroatoms. The lowest BCUT2D eigenvalue weighted by molar-refractivity contribution is -0.129. The summed E-state index contributed by atoms with van der Waals surface area (Å²) in [6, 6.07) is 0. The van der Waals surface area contributed by atoms with Gasteiger partial charge in [-0.1, -0.05) is 6.92 Å². The van der Waals surface area contributed by atoms with Crippen LogP contribution in [0, 0.1) is 0 Å². The van der Waals surface area contributed by atoms with E-state index >= 15 is 0 Å². The van der Waals surface area contributed by atoms with E-state index in [-0.39, 0.29) is 5.91 Å². The molecule has 1 heterocycles. The van der Waals surface area contributed by atoms with E-state index < -0.39 is 0 Å². The molecule has 0 fully saturated rings. The molecular formula is C10H18N4O. The van der Waals surface area contributed by atoms with Crippen LogP contribution in [0.1, 0.15) is 25.5 Å². The zero-order valence-corrected chi connectivity index (χ0v) is 9.29. The van der Waals surface area contributed by atoms with Gasteiger partial charge >= 0.3 is 0 Å². The van der Waals surface area contributed by atoms with Gasteiger partial charge in [-0.2, -0.15) is 0 Å². The van der Waals surface area contributed by atoms with Crippen LogP contribution in [0.15, 0.2) is 6.20 Å². The molecule has 1 rings (SSSR count). The molecule has 1 aromatic rings. The van der Waals surface area contributed by atoms with E-state index in [2.05, 4.69) is 9.97 Å². The summed E-state index contributed by atoms with van der Waals surface area (Å²) in [5.41, 5.74) is 6.34. The summed E-state index contributed by atoms with van der Waals surface area (Å²) < 4.78 is 0. The second-order valence-corrected chi connectivity index (χ2v) is 3.59. The highest BCUT2D eigenvalue weighted by Crippen LogP contribution is 2.01. The van der Waals surface area contributed by atoms with Crippen molar-refractivity contribution in [1.29, 1.82) is 0 Å². The third kappa shape index (κ3) is 3.61. The molecular weight excluding hydrogens is 192 g/mol. The van der Waals surface area contributed by atoms with Gasteiger partial charge in [-0.25, -0.2) is 4.98 Å². The average molecular weight is 210 g/mol. The molecule has 1 aromatic heterocycles. The number of carbonyl (C=O) groups excluding carboxylic acids is 1. The molecule has 15 heavy (non-hydrogen) atoms. The SMILES string of the molecule is CCCC(=O)N(C)CCc1c[nH]c(N)n1. The van der Waals surface area contributed by atoms with E-state index in [9.17, 15) is 4.79 Å². The number of nitrogens with two attached hydrogens (primary N) is 1. The number of aromatic amines is 1. The van der Waals surface area contributed by atoms with Crippen molar-refractivity contribution >= 4 is 11.9 Å². The number of likely N-dealkylation sites (N-methyl/N-ethyl adjacent to an activating group) is 1. The van der Waals surface area contributed by atoms with Crippen molar-refractivity contribution < 1.29 is 4.79 Å². The van der Waals surface area contributed by atoms with Crippen LogP contribution in [0.5, 0.6) is 0 Å². The molecule has 0 aliphatic rings. The van der Waals surface area contributed by atoms with Crippen LogP contribution in [0.2, 0.25) is 0 Å². The summed E-state index contributed by atoms with van der Waals surface area (Å²) in [5, 5.41) is 0. The molecule has 3 N–H and O–H groups in total. The molecule has 0 bridgehead atoms. The maximum atomic E-state index is 11.4. The second-order valence-electron chi connectivity index (χ2n) is 3.59. The second kappa shape index (κ2) is 5.38. The summed E-state index contributed by atoms with van der Waals surface area (Å²) in [5.74, 6) is 0.605. The predicted molar refractivity (Wildman–Crippen MR) is 59.2 cm³/mol. The zero-order valence-electron chi connectivity index (χ0n) is 9.29. The Hall–Kier alpha value is -1.52. The lowest BCUT2D eigenvalue weighted by Gasteiger charge is -2.15. The van der Waals surface area contributed by atoms with Crippen molar-refractivity contribution in [2.45, 2.75) is 26.2 Å². The lowest BCUT2D eigenvalue weighted by atomic mass is 10.2. The van der Waals surface area contributed by atoms with E-state index in [4.69, 9.17) is 5.73 Å². The number of nitrogens with one attached hydrogen (secondary N) is 1. The van der Waals surface area contributed by atoms with Crippen LogP contribution in [0.4, 0.5) is 5.95 Å². The van der Waals surface area contributed by atoms with E-state index in [1.54, 1.807) is 11.1 Å². The van der Waals surface area contributed by atoms with E-state index in [1.807, 2.05) is 14.0 Å². The van der Waals surface area contributed by atoms with Gasteiger partial charge in [-0.05, 0) is 6.42 Å². The molecule has 84 valence electrons. The zero-order chi connectivity index (χ0) is 11.3. The van der Waals surface area contributed by atoms with Crippen LogP contribution in [-0.4, -0.2) is 34.4 Å². The van der Waals surface area contributed by atoms with Crippen LogP contribution < -0.4 is 5.73 Å². The third-order valence-corrected chi connectivity index (χ3v) is 2.24. The first kappa shape index (κ1) is 11.6. The monoisotopic (exact) mass is 210 g/mol. The van der Waals surface area contributed by atoms with Crippen molar-refractivity contribution in [2.75, 3.05) is 19.3 Å². The molecule has 0 aliphatic heterocycles. The molecule has 0 saturated heterocycles. The van der Waals surface area contributed by atoms with Gasteiger partial charge in [-0.15, -0.1) is 0 Å². The Kier molecular flexibility index (Phi) is 4.15. The molecule has 0 unspecified atom stereocenters. The van der Waals surface area contributed by atoms with E-state index in [1.165, 1.54) is 0 Å². The number of nitrogens with zero attached hydrogens (tertiary/aromatic N) is 2. The number of H-pyrrole nitrogens is 1. The first-order chi connectivity index (χ1) is 7.13.